The fourth-order valence-electron chi connectivity index (χ4n) is 2.90. The highest BCUT2D eigenvalue weighted by Gasteiger charge is 2.25. The van der Waals surface area contributed by atoms with Crippen molar-refractivity contribution in [1.82, 2.24) is 9.55 Å². The van der Waals surface area contributed by atoms with Crippen LogP contribution in [0.15, 0.2) is 27.8 Å². The van der Waals surface area contributed by atoms with E-state index in [4.69, 9.17) is 22.1 Å². The molecule has 31 heavy (non-hydrogen) atoms. The predicted molar refractivity (Wildman–Crippen MR) is 115 cm³/mol. The van der Waals surface area contributed by atoms with E-state index in [1.165, 1.54) is 4.57 Å². The van der Waals surface area contributed by atoms with Crippen LogP contribution in [-0.2, 0) is 16.1 Å². The molecule has 0 aliphatic carbocycles. The molecule has 0 saturated carbocycles. The van der Waals surface area contributed by atoms with E-state index in [1.54, 1.807) is 0 Å². The standard InChI is InChI=1S/C20H24ClFN4O5/c1-3-5-9-25(16-17(23)26(8-4-2)20(30)24-18(16)28)15(27)11-31-19(29)13-7-6-12(22)10-14(13)21/h6-7,10H,3-5,8-9,11,23H2,1-2H3,(H,24,28,30). The van der Waals surface area contributed by atoms with Crippen molar-refractivity contribution in [3.63, 3.8) is 0 Å². The third-order valence-corrected chi connectivity index (χ3v) is 4.76. The summed E-state index contributed by atoms with van der Waals surface area (Å²) in [6, 6.07) is 3.13. The molecule has 1 amide bonds. The summed E-state index contributed by atoms with van der Waals surface area (Å²) in [6.07, 6.45) is 1.82. The summed E-state index contributed by atoms with van der Waals surface area (Å²) in [5.41, 5.74) is 4.28. The molecule has 9 nitrogen and oxygen atoms in total. The molecule has 11 heteroatoms. The number of halogens is 2. The summed E-state index contributed by atoms with van der Waals surface area (Å²) < 4.78 is 19.4. The molecular weight excluding hydrogens is 431 g/mol. The van der Waals surface area contributed by atoms with Crippen molar-refractivity contribution in [2.24, 2.45) is 0 Å². The Morgan fingerprint density at radius 1 is 1.26 bits per heavy atom. The number of hydrogen-bond donors (Lipinski definition) is 2. The fraction of sp³-hybridized carbons (Fsp3) is 0.400. The summed E-state index contributed by atoms with van der Waals surface area (Å²) in [6.45, 7) is 3.40. The van der Waals surface area contributed by atoms with E-state index in [0.29, 0.717) is 19.3 Å². The lowest BCUT2D eigenvalue weighted by molar-refractivity contribution is -0.121. The molecule has 0 bridgehead atoms. The van der Waals surface area contributed by atoms with Crippen LogP contribution in [0.2, 0.25) is 5.02 Å². The topological polar surface area (TPSA) is 127 Å². The minimum Gasteiger partial charge on any atom is -0.452 e. The van der Waals surface area contributed by atoms with Crippen molar-refractivity contribution in [2.45, 2.75) is 39.7 Å². The maximum Gasteiger partial charge on any atom is 0.340 e. The highest BCUT2D eigenvalue weighted by molar-refractivity contribution is 6.33. The van der Waals surface area contributed by atoms with Gasteiger partial charge in [0.15, 0.2) is 12.3 Å². The highest BCUT2D eigenvalue weighted by Crippen LogP contribution is 2.20. The number of benzene rings is 1. The lowest BCUT2D eigenvalue weighted by Gasteiger charge is -2.24. The van der Waals surface area contributed by atoms with Gasteiger partial charge in [0.2, 0.25) is 0 Å². The number of aromatic amines is 1. The lowest BCUT2D eigenvalue weighted by atomic mass is 10.2. The number of nitrogens with two attached hydrogens (primary N) is 1. The molecule has 0 aliphatic rings. The normalized spacial score (nSPS) is 10.7. The number of esters is 1. The molecule has 1 aromatic carbocycles. The first-order valence-corrected chi connectivity index (χ1v) is 10.1. The van der Waals surface area contributed by atoms with Crippen molar-refractivity contribution in [1.29, 1.82) is 0 Å². The maximum atomic E-state index is 13.2. The van der Waals surface area contributed by atoms with Gasteiger partial charge in [-0.15, -0.1) is 0 Å². The molecule has 168 valence electrons. The van der Waals surface area contributed by atoms with Gasteiger partial charge in [0.05, 0.1) is 10.6 Å². The lowest BCUT2D eigenvalue weighted by Crippen LogP contribution is -2.43. The molecule has 0 radical (unpaired) electrons. The van der Waals surface area contributed by atoms with E-state index in [0.717, 1.165) is 23.1 Å². The summed E-state index contributed by atoms with van der Waals surface area (Å²) in [7, 11) is 0. The largest absolute Gasteiger partial charge is 0.452 e. The number of hydrogen-bond acceptors (Lipinski definition) is 6. The SMILES string of the molecule is CCCCN(C(=O)COC(=O)c1ccc(F)cc1Cl)c1c(N)n(CCC)c(=O)[nH]c1=O. The van der Waals surface area contributed by atoms with E-state index in [9.17, 15) is 23.6 Å². The van der Waals surface area contributed by atoms with Crippen LogP contribution < -0.4 is 21.9 Å². The van der Waals surface area contributed by atoms with E-state index in [2.05, 4.69) is 4.98 Å². The van der Waals surface area contributed by atoms with Gasteiger partial charge in [-0.3, -0.25) is 19.1 Å². The number of nitrogens with one attached hydrogen (secondary N) is 1. The number of carbonyl (C=O) groups excluding carboxylic acids is 2. The van der Waals surface area contributed by atoms with Crippen LogP contribution in [0.4, 0.5) is 15.9 Å². The molecular formula is C20H24ClFN4O5. The van der Waals surface area contributed by atoms with E-state index in [-0.39, 0.29) is 35.2 Å². The van der Waals surface area contributed by atoms with Crippen LogP contribution in [-0.4, -0.2) is 34.6 Å². The average Bonchev–Trinajstić information content (AvgIpc) is 2.71. The Labute approximate surface area is 182 Å². The summed E-state index contributed by atoms with van der Waals surface area (Å²) in [5.74, 6) is -2.40. The Morgan fingerprint density at radius 2 is 1.97 bits per heavy atom. The number of H-pyrrole nitrogens is 1. The first-order chi connectivity index (χ1) is 14.7. The summed E-state index contributed by atoms with van der Waals surface area (Å²) in [4.78, 5) is 52.9. The van der Waals surface area contributed by atoms with Gasteiger partial charge < -0.3 is 15.4 Å². The molecule has 0 fully saturated rings. The van der Waals surface area contributed by atoms with Crippen LogP contribution in [0.1, 0.15) is 43.5 Å². The average molecular weight is 455 g/mol. The van der Waals surface area contributed by atoms with Gasteiger partial charge in [-0.25, -0.2) is 14.0 Å². The summed E-state index contributed by atoms with van der Waals surface area (Å²) in [5, 5.41) is -0.160. The van der Waals surface area contributed by atoms with Crippen LogP contribution in [0.3, 0.4) is 0 Å². The van der Waals surface area contributed by atoms with Crippen LogP contribution >= 0.6 is 11.6 Å². The Bertz CT molecular complexity index is 1080. The molecule has 1 heterocycles. The van der Waals surface area contributed by atoms with Crippen LogP contribution in [0.5, 0.6) is 0 Å². The van der Waals surface area contributed by atoms with Gasteiger partial charge in [-0.05, 0) is 31.0 Å². The van der Waals surface area contributed by atoms with Crippen molar-refractivity contribution in [2.75, 3.05) is 23.8 Å². The predicted octanol–water partition coefficient (Wildman–Crippen LogP) is 2.31. The molecule has 0 unspecified atom stereocenters. The zero-order valence-corrected chi connectivity index (χ0v) is 18.0. The number of aromatic nitrogens is 2. The molecule has 2 aromatic rings. The monoisotopic (exact) mass is 454 g/mol. The Balaban J connectivity index is 2.31. The van der Waals surface area contributed by atoms with E-state index >= 15 is 0 Å². The number of unbranched alkanes of at least 4 members (excludes halogenated alkanes) is 1. The maximum absolute atomic E-state index is 13.2. The number of anilines is 2. The Kier molecular flexibility index (Phi) is 8.38. The van der Waals surface area contributed by atoms with Gasteiger partial charge in [0.1, 0.15) is 11.6 Å². The number of rotatable bonds is 9. The third-order valence-electron chi connectivity index (χ3n) is 4.45. The summed E-state index contributed by atoms with van der Waals surface area (Å²) >= 11 is 5.84. The van der Waals surface area contributed by atoms with E-state index in [1.807, 2.05) is 13.8 Å². The quantitative estimate of drug-likeness (QED) is 0.559. The van der Waals surface area contributed by atoms with Gasteiger partial charge in [-0.2, -0.15) is 0 Å². The smallest absolute Gasteiger partial charge is 0.340 e. The molecule has 0 atom stereocenters. The second kappa shape index (κ2) is 10.8. The van der Waals surface area contributed by atoms with Crippen LogP contribution in [0, 0.1) is 5.82 Å². The van der Waals surface area contributed by atoms with Crippen molar-refractivity contribution < 1.29 is 18.7 Å². The molecule has 2 rings (SSSR count). The van der Waals surface area contributed by atoms with Gasteiger partial charge in [0.25, 0.3) is 11.5 Å². The van der Waals surface area contributed by atoms with Crippen molar-refractivity contribution in [3.05, 3.63) is 55.4 Å². The molecule has 3 N–H and O–H groups in total. The third kappa shape index (κ3) is 5.72. The number of ether oxygens (including phenoxy) is 1. The fourth-order valence-corrected chi connectivity index (χ4v) is 3.14. The molecule has 1 aromatic heterocycles. The number of amides is 1. The van der Waals surface area contributed by atoms with E-state index < -0.39 is 35.5 Å². The Hall–Kier alpha value is -3.14. The van der Waals surface area contributed by atoms with Gasteiger partial charge in [0, 0.05) is 13.1 Å². The van der Waals surface area contributed by atoms with Gasteiger partial charge >= 0.3 is 11.7 Å². The minimum absolute atomic E-state index is 0.107. The minimum atomic E-state index is -0.924. The van der Waals surface area contributed by atoms with Gasteiger partial charge in [-0.1, -0.05) is 31.9 Å². The molecule has 0 aliphatic heterocycles. The number of carbonyl (C=O) groups is 2. The number of nitrogens with zero attached hydrogens (tertiary/aromatic N) is 2. The molecule has 0 saturated heterocycles. The second-order valence-electron chi connectivity index (χ2n) is 6.74. The zero-order chi connectivity index (χ0) is 23.1. The van der Waals surface area contributed by atoms with Crippen molar-refractivity contribution >= 4 is 35.0 Å². The number of nitrogen functional groups attached to an aromatic ring is 1. The highest BCUT2D eigenvalue weighted by atomic mass is 35.5. The second-order valence-corrected chi connectivity index (χ2v) is 7.15. The first-order valence-electron chi connectivity index (χ1n) is 9.76. The zero-order valence-electron chi connectivity index (χ0n) is 17.2. The van der Waals surface area contributed by atoms with Crippen molar-refractivity contribution in [3.8, 4) is 0 Å². The first kappa shape index (κ1) is 24.1. The Morgan fingerprint density at radius 3 is 2.58 bits per heavy atom. The molecule has 0 spiro atoms. The van der Waals surface area contributed by atoms with Crippen LogP contribution in [0.25, 0.3) is 0 Å².